The summed E-state index contributed by atoms with van der Waals surface area (Å²) in [5.74, 6) is -2.20. The lowest BCUT2D eigenvalue weighted by Gasteiger charge is -2.06. The number of aryl methyl sites for hydroxylation is 1. The number of ketones is 1. The molecule has 1 aromatic heterocycles. The number of carbonyl (C=O) groups is 3. The van der Waals surface area contributed by atoms with Crippen molar-refractivity contribution in [2.24, 2.45) is 0 Å². The van der Waals surface area contributed by atoms with E-state index in [0.29, 0.717) is 22.4 Å². The number of hydrogen-bond donors (Lipinski definition) is 1. The van der Waals surface area contributed by atoms with Gasteiger partial charge in [-0.05, 0) is 44.0 Å². The van der Waals surface area contributed by atoms with Crippen molar-refractivity contribution >= 4 is 17.7 Å². The maximum absolute atomic E-state index is 13.7. The number of Topliss-reactive ketones (excluding diaryl/α,β-unsaturated/α-hetero) is 1. The highest BCUT2D eigenvalue weighted by Crippen LogP contribution is 2.20. The summed E-state index contributed by atoms with van der Waals surface area (Å²) in [6, 6.07) is 4.12. The molecule has 1 aromatic carbocycles. The molecule has 0 fully saturated rings. The number of ether oxygens (including phenoxy) is 3. The second kappa shape index (κ2) is 9.16. The third-order valence-electron chi connectivity index (χ3n) is 4.12. The molecule has 0 bridgehead atoms. The number of esters is 2. The Hall–Kier alpha value is -3.16. The molecule has 0 aliphatic heterocycles. The fourth-order valence-electron chi connectivity index (χ4n) is 2.79. The van der Waals surface area contributed by atoms with Crippen molar-refractivity contribution in [3.05, 3.63) is 52.1 Å². The maximum atomic E-state index is 13.7. The van der Waals surface area contributed by atoms with Gasteiger partial charge in [0.15, 0.2) is 18.2 Å². The zero-order valence-electron chi connectivity index (χ0n) is 16.2. The molecule has 0 radical (unpaired) electrons. The number of H-pyrrole nitrogens is 1. The predicted octanol–water partition coefficient (Wildman–Crippen LogP) is 2.92. The van der Waals surface area contributed by atoms with E-state index in [9.17, 15) is 18.8 Å². The van der Waals surface area contributed by atoms with Crippen LogP contribution in [-0.4, -0.2) is 43.0 Å². The van der Waals surface area contributed by atoms with Crippen molar-refractivity contribution in [1.29, 1.82) is 0 Å². The van der Waals surface area contributed by atoms with Gasteiger partial charge in [-0.1, -0.05) is 6.07 Å². The molecule has 8 heteroatoms. The first-order valence-electron chi connectivity index (χ1n) is 8.66. The summed E-state index contributed by atoms with van der Waals surface area (Å²) in [5, 5.41) is 0. The predicted molar refractivity (Wildman–Crippen MR) is 98.2 cm³/mol. The third-order valence-corrected chi connectivity index (χ3v) is 4.12. The van der Waals surface area contributed by atoms with Gasteiger partial charge in [-0.2, -0.15) is 0 Å². The maximum Gasteiger partial charge on any atom is 0.340 e. The van der Waals surface area contributed by atoms with E-state index in [2.05, 4.69) is 4.98 Å². The average Bonchev–Trinajstić information content (AvgIpc) is 2.94. The molecule has 2 rings (SSSR count). The van der Waals surface area contributed by atoms with Gasteiger partial charge >= 0.3 is 11.9 Å². The molecular formula is C20H22FNO6. The first kappa shape index (κ1) is 21.1. The first-order chi connectivity index (χ1) is 13.3. The molecule has 7 nitrogen and oxygen atoms in total. The van der Waals surface area contributed by atoms with Crippen molar-refractivity contribution in [3.63, 3.8) is 0 Å². The summed E-state index contributed by atoms with van der Waals surface area (Å²) in [4.78, 5) is 39.1. The second-order valence-corrected chi connectivity index (χ2v) is 6.08. The number of aromatic amines is 1. The summed E-state index contributed by atoms with van der Waals surface area (Å²) in [7, 11) is 1.34. The number of hydrogen-bond acceptors (Lipinski definition) is 6. The van der Waals surface area contributed by atoms with Crippen LogP contribution in [-0.2, 0) is 20.7 Å². The molecule has 0 saturated carbocycles. The number of halogens is 1. The fraction of sp³-hybridized carbons (Fsp3) is 0.350. The zero-order chi connectivity index (χ0) is 20.8. The van der Waals surface area contributed by atoms with Gasteiger partial charge < -0.3 is 19.2 Å². The Kier molecular flexibility index (Phi) is 6.92. The first-order valence-corrected chi connectivity index (χ1v) is 8.66. The van der Waals surface area contributed by atoms with E-state index in [1.807, 2.05) is 0 Å². The molecule has 150 valence electrons. The zero-order valence-corrected chi connectivity index (χ0v) is 16.2. The molecule has 1 N–H and O–H groups in total. The Bertz CT molecular complexity index is 902. The number of rotatable bonds is 8. The topological polar surface area (TPSA) is 94.7 Å². The summed E-state index contributed by atoms with van der Waals surface area (Å²) in [6.07, 6.45) is -0.189. The van der Waals surface area contributed by atoms with Crippen LogP contribution in [0.5, 0.6) is 5.75 Å². The van der Waals surface area contributed by atoms with Crippen LogP contribution in [0.25, 0.3) is 0 Å². The van der Waals surface area contributed by atoms with Crippen LogP contribution >= 0.6 is 0 Å². The summed E-state index contributed by atoms with van der Waals surface area (Å²) < 4.78 is 28.5. The van der Waals surface area contributed by atoms with Gasteiger partial charge in [-0.25, -0.2) is 9.18 Å². The van der Waals surface area contributed by atoms with Crippen LogP contribution in [0.4, 0.5) is 4.39 Å². The molecule has 1 heterocycles. The molecular weight excluding hydrogens is 369 g/mol. The van der Waals surface area contributed by atoms with E-state index in [1.54, 1.807) is 20.8 Å². The third kappa shape index (κ3) is 4.76. The lowest BCUT2D eigenvalue weighted by molar-refractivity contribution is -0.141. The second-order valence-electron chi connectivity index (χ2n) is 6.08. The quantitative estimate of drug-likeness (QED) is 0.549. The Morgan fingerprint density at radius 2 is 1.86 bits per heavy atom. The van der Waals surface area contributed by atoms with Gasteiger partial charge in [0.25, 0.3) is 0 Å². The molecule has 0 amide bonds. The molecule has 0 saturated heterocycles. The smallest absolute Gasteiger partial charge is 0.340 e. The van der Waals surface area contributed by atoms with Crippen LogP contribution < -0.4 is 4.74 Å². The summed E-state index contributed by atoms with van der Waals surface area (Å²) in [6.45, 7) is 4.68. The van der Waals surface area contributed by atoms with Crippen molar-refractivity contribution < 1.29 is 33.0 Å². The number of aromatic nitrogens is 1. The van der Waals surface area contributed by atoms with E-state index in [1.165, 1.54) is 25.3 Å². The van der Waals surface area contributed by atoms with Crippen LogP contribution in [0, 0.1) is 19.7 Å². The van der Waals surface area contributed by atoms with Crippen LogP contribution in [0.3, 0.4) is 0 Å². The minimum atomic E-state index is -0.676. The van der Waals surface area contributed by atoms with Crippen LogP contribution in [0.15, 0.2) is 18.2 Å². The fourth-order valence-corrected chi connectivity index (χ4v) is 2.79. The minimum absolute atomic E-state index is 0.0716. The standard InChI is InChI=1S/C20H22FNO6/c1-5-27-20(25)18-11(2)19(22-12(18)3)15(23)10-28-17(24)9-13-6-7-16(26-4)14(21)8-13/h6-8,22H,5,9-10H2,1-4H3. The summed E-state index contributed by atoms with van der Waals surface area (Å²) >= 11 is 0. The average molecular weight is 391 g/mol. The van der Waals surface area contributed by atoms with Gasteiger partial charge in [-0.3, -0.25) is 9.59 Å². The number of carbonyl (C=O) groups excluding carboxylic acids is 3. The molecule has 0 unspecified atom stereocenters. The van der Waals surface area contributed by atoms with Crippen molar-refractivity contribution in [3.8, 4) is 5.75 Å². The Balaban J connectivity index is 2.00. The van der Waals surface area contributed by atoms with E-state index in [-0.39, 0.29) is 24.5 Å². The van der Waals surface area contributed by atoms with Crippen molar-refractivity contribution in [1.82, 2.24) is 4.98 Å². The normalized spacial score (nSPS) is 10.5. The molecule has 0 aliphatic carbocycles. The molecule has 2 aromatic rings. The lowest BCUT2D eigenvalue weighted by atomic mass is 10.1. The molecule has 0 aliphatic rings. The Morgan fingerprint density at radius 3 is 2.46 bits per heavy atom. The lowest BCUT2D eigenvalue weighted by Crippen LogP contribution is -2.17. The Labute approximate surface area is 161 Å². The van der Waals surface area contributed by atoms with Crippen molar-refractivity contribution in [2.75, 3.05) is 20.3 Å². The SMILES string of the molecule is CCOC(=O)c1c(C)[nH]c(C(=O)COC(=O)Cc2ccc(OC)c(F)c2)c1C. The van der Waals surface area contributed by atoms with E-state index in [0.717, 1.165) is 0 Å². The van der Waals surface area contributed by atoms with Gasteiger partial charge in [0, 0.05) is 5.69 Å². The van der Waals surface area contributed by atoms with E-state index >= 15 is 0 Å². The molecule has 0 spiro atoms. The van der Waals surface area contributed by atoms with E-state index in [4.69, 9.17) is 14.2 Å². The number of methoxy groups -OCH3 is 1. The summed E-state index contributed by atoms with van der Waals surface area (Å²) in [5.41, 5.74) is 1.81. The highest BCUT2D eigenvalue weighted by molar-refractivity contribution is 6.02. The Morgan fingerprint density at radius 1 is 1.14 bits per heavy atom. The van der Waals surface area contributed by atoms with Gasteiger partial charge in [0.05, 0.1) is 31.4 Å². The number of benzene rings is 1. The minimum Gasteiger partial charge on any atom is -0.494 e. The van der Waals surface area contributed by atoms with E-state index < -0.39 is 30.1 Å². The van der Waals surface area contributed by atoms with Gasteiger partial charge in [0.1, 0.15) is 0 Å². The molecule has 0 atom stereocenters. The highest BCUT2D eigenvalue weighted by Gasteiger charge is 2.23. The van der Waals surface area contributed by atoms with Crippen LogP contribution in [0.2, 0.25) is 0 Å². The van der Waals surface area contributed by atoms with Gasteiger partial charge in [-0.15, -0.1) is 0 Å². The van der Waals surface area contributed by atoms with Crippen molar-refractivity contribution in [2.45, 2.75) is 27.2 Å². The number of nitrogens with one attached hydrogen (secondary N) is 1. The largest absolute Gasteiger partial charge is 0.494 e. The monoisotopic (exact) mass is 391 g/mol. The molecule has 28 heavy (non-hydrogen) atoms. The highest BCUT2D eigenvalue weighted by atomic mass is 19.1. The van der Waals surface area contributed by atoms with Gasteiger partial charge in [0.2, 0.25) is 5.78 Å². The van der Waals surface area contributed by atoms with Crippen LogP contribution in [0.1, 0.15) is 44.6 Å².